The molecule has 2 aromatic carbocycles. The summed E-state index contributed by atoms with van der Waals surface area (Å²) in [5.74, 6) is -2.51. The normalized spacial score (nSPS) is 22.6. The minimum absolute atomic E-state index is 0.0389. The van der Waals surface area contributed by atoms with Gasteiger partial charge in [0.15, 0.2) is 0 Å². The number of nitrogens with zero attached hydrogens (tertiary/aromatic N) is 3. The average Bonchev–Trinajstić information content (AvgIpc) is 3.71. The van der Waals surface area contributed by atoms with Crippen molar-refractivity contribution in [3.8, 4) is 0 Å². The first kappa shape index (κ1) is 47.6. The fourth-order valence-corrected chi connectivity index (χ4v) is 9.80. The number of hydrogen-bond donors (Lipinski definition) is 3. The number of fused-ring (bicyclic) bond motifs is 2. The minimum atomic E-state index is -4.59. The van der Waals surface area contributed by atoms with Gasteiger partial charge in [-0.3, -0.25) is 23.2 Å². The molecule has 21 heteroatoms. The Kier molecular flexibility index (Phi) is 14.7. The molecule has 0 radical (unpaired) electrons. The molecule has 0 saturated carbocycles. The standard InChI is InChI=1S/C40H51N3O15S3/c1-39(19-9-25-59(47,48)49)30-26-28(60(50,51)52)14-16-33(30)42(22-24-57-4)34(39)10-6-5-7-11-35-40(2,20-23-56-3)31-27-29(61(53,54)55)13-15-32(31)41(35)21-8-12-38(46)58-43-36(44)17-18-37(43)45/h5-7,10-11,13-16,26-27,34H,8-9,12,17-25H2,1-4H3,(H,47,48,49)(H,50,51,52)(H,53,54,55)/b7-5+,10-6+,35-11+. The Hall–Kier alpha value is -4.48. The topological polar surface area (TPSA) is 252 Å². The van der Waals surface area contributed by atoms with Crippen LogP contribution in [0.1, 0.15) is 69.9 Å². The monoisotopic (exact) mass is 909 g/mol. The van der Waals surface area contributed by atoms with Crippen molar-refractivity contribution in [3.05, 3.63) is 83.6 Å². The third-order valence-corrected chi connectivity index (χ3v) is 13.9. The number of carbonyl (C=O) groups excluding carboxylic acids is 3. The van der Waals surface area contributed by atoms with Crippen LogP contribution in [0.15, 0.2) is 82.3 Å². The van der Waals surface area contributed by atoms with E-state index in [1.807, 2.05) is 35.8 Å². The molecule has 0 bridgehead atoms. The molecule has 3 heterocycles. The van der Waals surface area contributed by atoms with Gasteiger partial charge in [-0.25, -0.2) is 4.79 Å². The van der Waals surface area contributed by atoms with E-state index in [1.165, 1.54) is 38.5 Å². The molecular weight excluding hydrogens is 859 g/mol. The number of amides is 2. The van der Waals surface area contributed by atoms with E-state index in [9.17, 15) is 53.3 Å². The van der Waals surface area contributed by atoms with E-state index in [4.69, 9.17) is 14.3 Å². The van der Waals surface area contributed by atoms with Gasteiger partial charge in [0.1, 0.15) is 0 Å². The Labute approximate surface area is 356 Å². The van der Waals surface area contributed by atoms with Crippen molar-refractivity contribution in [3.63, 3.8) is 0 Å². The van der Waals surface area contributed by atoms with E-state index >= 15 is 0 Å². The first-order chi connectivity index (χ1) is 28.5. The van der Waals surface area contributed by atoms with Gasteiger partial charge in [-0.1, -0.05) is 31.2 Å². The quantitative estimate of drug-likeness (QED) is 0.0959. The molecule has 61 heavy (non-hydrogen) atoms. The van der Waals surface area contributed by atoms with Gasteiger partial charge < -0.3 is 24.1 Å². The van der Waals surface area contributed by atoms with Crippen LogP contribution in [-0.4, -0.2) is 114 Å². The Balaban J connectivity index is 1.51. The molecule has 2 aromatic rings. The number of allylic oxidation sites excluding steroid dienone is 5. The second-order valence-electron chi connectivity index (χ2n) is 15.4. The number of rotatable bonds is 20. The Morgan fingerprint density at radius 1 is 0.787 bits per heavy atom. The first-order valence-corrected chi connectivity index (χ1v) is 23.9. The van der Waals surface area contributed by atoms with E-state index in [0.29, 0.717) is 46.2 Å². The summed E-state index contributed by atoms with van der Waals surface area (Å²) in [6.45, 7) is 4.88. The number of benzene rings is 2. The van der Waals surface area contributed by atoms with E-state index < -0.39 is 70.8 Å². The van der Waals surface area contributed by atoms with Gasteiger partial charge in [-0.2, -0.15) is 25.3 Å². The van der Waals surface area contributed by atoms with Crippen LogP contribution in [0.5, 0.6) is 0 Å². The summed E-state index contributed by atoms with van der Waals surface area (Å²) in [6.07, 6.45) is 9.52. The molecule has 3 atom stereocenters. The highest BCUT2D eigenvalue weighted by Crippen LogP contribution is 2.51. The molecular formula is C40H51N3O15S3. The van der Waals surface area contributed by atoms with Crippen molar-refractivity contribution in [1.82, 2.24) is 5.06 Å². The van der Waals surface area contributed by atoms with Crippen LogP contribution in [0.3, 0.4) is 0 Å². The van der Waals surface area contributed by atoms with E-state index in [1.54, 1.807) is 30.4 Å². The van der Waals surface area contributed by atoms with Gasteiger partial charge in [0.25, 0.3) is 42.2 Å². The van der Waals surface area contributed by atoms with Crippen molar-refractivity contribution in [2.45, 2.75) is 85.5 Å². The maximum Gasteiger partial charge on any atom is 0.333 e. The lowest BCUT2D eigenvalue weighted by atomic mass is 9.74. The summed E-state index contributed by atoms with van der Waals surface area (Å²) in [4.78, 5) is 45.0. The average molecular weight is 910 g/mol. The summed E-state index contributed by atoms with van der Waals surface area (Å²) in [5.41, 5.74) is 1.29. The number of carbonyl (C=O) groups is 3. The summed E-state index contributed by atoms with van der Waals surface area (Å²) in [5, 5.41) is 0.482. The van der Waals surface area contributed by atoms with Crippen molar-refractivity contribution < 1.29 is 67.6 Å². The molecule has 334 valence electrons. The van der Waals surface area contributed by atoms with Crippen LogP contribution in [0.2, 0.25) is 0 Å². The maximum atomic E-state index is 12.7. The van der Waals surface area contributed by atoms with Crippen LogP contribution in [0, 0.1) is 0 Å². The fraction of sp³-hybridized carbons (Fsp3) is 0.475. The molecule has 0 spiro atoms. The van der Waals surface area contributed by atoms with Crippen LogP contribution in [-0.2, 0) is 69.9 Å². The van der Waals surface area contributed by atoms with Crippen LogP contribution in [0.4, 0.5) is 11.4 Å². The van der Waals surface area contributed by atoms with Crippen molar-refractivity contribution in [2.24, 2.45) is 0 Å². The predicted octanol–water partition coefficient (Wildman–Crippen LogP) is 4.14. The molecule has 3 unspecified atom stereocenters. The minimum Gasteiger partial charge on any atom is -0.385 e. The third-order valence-electron chi connectivity index (χ3n) is 11.4. The smallest absolute Gasteiger partial charge is 0.333 e. The Bertz CT molecular complexity index is 2440. The van der Waals surface area contributed by atoms with Gasteiger partial charge in [-0.05, 0) is 86.2 Å². The van der Waals surface area contributed by atoms with Gasteiger partial charge in [-0.15, -0.1) is 5.06 Å². The number of hydrogen-bond acceptors (Lipinski definition) is 14. The molecule has 0 aromatic heterocycles. The summed E-state index contributed by atoms with van der Waals surface area (Å²) >= 11 is 0. The lowest BCUT2D eigenvalue weighted by Crippen LogP contribution is -2.43. The molecule has 3 aliphatic heterocycles. The molecule has 3 aliphatic rings. The molecule has 5 rings (SSSR count). The highest BCUT2D eigenvalue weighted by molar-refractivity contribution is 7.86. The number of hydroxylamine groups is 2. The highest BCUT2D eigenvalue weighted by Gasteiger charge is 2.47. The highest BCUT2D eigenvalue weighted by atomic mass is 32.2. The molecule has 3 N–H and O–H groups in total. The fourth-order valence-electron chi connectivity index (χ4n) is 8.28. The predicted molar refractivity (Wildman–Crippen MR) is 222 cm³/mol. The van der Waals surface area contributed by atoms with Gasteiger partial charge in [0.2, 0.25) is 0 Å². The SMILES string of the molecule is COCCN1c2ccc(S(=O)(=O)O)cc2C(C)(CCCS(=O)(=O)O)C1/C=C/C=C/C=C1/N(CCCC(=O)ON2C(=O)CCC2=O)c2ccc(S(=O)(=O)O)cc2C1(C)CCOC. The maximum absolute atomic E-state index is 12.7. The van der Waals surface area contributed by atoms with Gasteiger partial charge >= 0.3 is 5.97 Å². The van der Waals surface area contributed by atoms with Gasteiger partial charge in [0, 0.05) is 81.1 Å². The molecule has 2 amide bonds. The van der Waals surface area contributed by atoms with E-state index in [0.717, 1.165) is 0 Å². The third kappa shape index (κ3) is 10.8. The molecule has 1 fully saturated rings. The van der Waals surface area contributed by atoms with Crippen molar-refractivity contribution in [1.29, 1.82) is 0 Å². The first-order valence-electron chi connectivity index (χ1n) is 19.4. The second-order valence-corrected chi connectivity index (χ2v) is 19.9. The zero-order valence-corrected chi connectivity index (χ0v) is 36.7. The summed E-state index contributed by atoms with van der Waals surface area (Å²) in [6, 6.07) is 7.99. The molecule has 1 saturated heterocycles. The summed E-state index contributed by atoms with van der Waals surface area (Å²) in [7, 11) is -10.4. The van der Waals surface area contributed by atoms with Crippen LogP contribution in [0.25, 0.3) is 0 Å². The van der Waals surface area contributed by atoms with Crippen LogP contribution >= 0.6 is 0 Å². The number of ether oxygens (including phenoxy) is 2. The van der Waals surface area contributed by atoms with Crippen LogP contribution < -0.4 is 9.80 Å². The zero-order chi connectivity index (χ0) is 45.0. The van der Waals surface area contributed by atoms with E-state index in [-0.39, 0.29) is 68.1 Å². The number of methoxy groups -OCH3 is 2. The lowest BCUT2D eigenvalue weighted by molar-refractivity contribution is -0.197. The number of anilines is 2. The Morgan fingerprint density at radius 3 is 1.98 bits per heavy atom. The number of imide groups is 1. The second kappa shape index (κ2) is 18.9. The summed E-state index contributed by atoms with van der Waals surface area (Å²) < 4.78 is 113. The van der Waals surface area contributed by atoms with Crippen molar-refractivity contribution in [2.75, 3.05) is 56.1 Å². The van der Waals surface area contributed by atoms with E-state index in [2.05, 4.69) is 0 Å². The lowest BCUT2D eigenvalue weighted by Gasteiger charge is -2.35. The Morgan fingerprint density at radius 2 is 1.39 bits per heavy atom. The molecule has 0 aliphatic carbocycles. The van der Waals surface area contributed by atoms with Gasteiger partial charge in [0.05, 0.1) is 28.2 Å². The largest absolute Gasteiger partial charge is 0.385 e. The van der Waals surface area contributed by atoms with Crippen molar-refractivity contribution >= 4 is 59.5 Å². The molecule has 18 nitrogen and oxygen atoms in total. The zero-order valence-electron chi connectivity index (χ0n) is 34.2.